The Kier molecular flexibility index (Phi) is 4.32. The number of hydrogen-bond acceptors (Lipinski definition) is 3. The molecule has 0 aromatic carbocycles. The molecule has 1 aliphatic carbocycles. The Morgan fingerprint density at radius 2 is 2.16 bits per heavy atom. The summed E-state index contributed by atoms with van der Waals surface area (Å²) in [5.41, 5.74) is 1.06. The fourth-order valence-electron chi connectivity index (χ4n) is 2.53. The van der Waals surface area contributed by atoms with Crippen LogP contribution in [0.1, 0.15) is 38.3 Å². The maximum atomic E-state index is 12.2. The molecule has 2 rings (SSSR count). The average molecular weight is 285 g/mol. The van der Waals surface area contributed by atoms with E-state index in [1.165, 1.54) is 6.42 Å². The van der Waals surface area contributed by atoms with E-state index in [0.717, 1.165) is 25.0 Å². The van der Waals surface area contributed by atoms with Gasteiger partial charge in [0, 0.05) is 25.0 Å². The first-order chi connectivity index (χ1) is 9.01. The molecule has 1 saturated carbocycles. The van der Waals surface area contributed by atoms with Gasteiger partial charge in [-0.25, -0.2) is 13.1 Å². The number of aromatic amines is 1. The Bertz CT molecular complexity index is 512. The molecular weight excluding hydrogens is 262 g/mol. The quantitative estimate of drug-likeness (QED) is 0.712. The van der Waals surface area contributed by atoms with Crippen LogP contribution < -0.4 is 10.0 Å². The Balaban J connectivity index is 2.01. The van der Waals surface area contributed by atoms with Crippen molar-refractivity contribution >= 4 is 10.0 Å². The largest absolute Gasteiger partial charge is 0.363 e. The van der Waals surface area contributed by atoms with Crippen LogP contribution in [0, 0.1) is 5.41 Å². The standard InChI is InChI=1S/C13H23N3O2S/c1-3-13(5-4-6-13)10-16-19(17,18)12-7-11(8-14-2)15-9-12/h7,9,14-16H,3-6,8,10H2,1-2H3. The zero-order valence-corrected chi connectivity index (χ0v) is 12.4. The third-order valence-corrected chi connectivity index (χ3v) is 5.58. The zero-order valence-electron chi connectivity index (χ0n) is 11.6. The van der Waals surface area contributed by atoms with Crippen molar-refractivity contribution in [1.82, 2.24) is 15.0 Å². The number of hydrogen-bond donors (Lipinski definition) is 3. The van der Waals surface area contributed by atoms with E-state index in [9.17, 15) is 8.42 Å². The summed E-state index contributed by atoms with van der Waals surface area (Å²) >= 11 is 0. The molecule has 3 N–H and O–H groups in total. The Labute approximate surface area is 115 Å². The SMILES string of the molecule is CCC1(CNS(=O)(=O)c2c[nH]c(CNC)c2)CCC1. The van der Waals surface area contributed by atoms with Gasteiger partial charge in [0.2, 0.25) is 10.0 Å². The summed E-state index contributed by atoms with van der Waals surface area (Å²) in [6, 6.07) is 1.68. The fraction of sp³-hybridized carbons (Fsp3) is 0.692. The van der Waals surface area contributed by atoms with E-state index in [1.54, 1.807) is 12.3 Å². The van der Waals surface area contributed by atoms with Crippen LogP contribution in [0.2, 0.25) is 0 Å². The maximum absolute atomic E-state index is 12.2. The highest BCUT2D eigenvalue weighted by atomic mass is 32.2. The predicted octanol–water partition coefficient (Wildman–Crippen LogP) is 1.59. The number of aromatic nitrogens is 1. The van der Waals surface area contributed by atoms with E-state index in [0.29, 0.717) is 18.0 Å². The number of sulfonamides is 1. The second-order valence-electron chi connectivity index (χ2n) is 5.42. The molecule has 0 radical (unpaired) electrons. The van der Waals surface area contributed by atoms with Crippen molar-refractivity contribution in [2.45, 2.75) is 44.0 Å². The number of H-pyrrole nitrogens is 1. The molecule has 1 fully saturated rings. The summed E-state index contributed by atoms with van der Waals surface area (Å²) in [7, 11) is -1.56. The van der Waals surface area contributed by atoms with Gasteiger partial charge in [-0.1, -0.05) is 13.3 Å². The number of nitrogens with one attached hydrogen (secondary N) is 3. The highest BCUT2D eigenvalue weighted by Gasteiger charge is 2.36. The molecule has 108 valence electrons. The van der Waals surface area contributed by atoms with Gasteiger partial charge < -0.3 is 10.3 Å². The van der Waals surface area contributed by atoms with Crippen LogP contribution in [0.15, 0.2) is 17.2 Å². The van der Waals surface area contributed by atoms with Crippen LogP contribution in [0.3, 0.4) is 0 Å². The summed E-state index contributed by atoms with van der Waals surface area (Å²) in [5.74, 6) is 0. The van der Waals surface area contributed by atoms with Crippen molar-refractivity contribution in [2.24, 2.45) is 5.41 Å². The lowest BCUT2D eigenvalue weighted by molar-refractivity contribution is 0.133. The van der Waals surface area contributed by atoms with E-state index in [4.69, 9.17) is 0 Å². The normalized spacial score (nSPS) is 18.2. The zero-order chi connectivity index (χ0) is 13.9. The molecule has 1 aliphatic rings. The monoisotopic (exact) mass is 285 g/mol. The summed E-state index contributed by atoms with van der Waals surface area (Å²) in [6.45, 7) is 3.32. The van der Waals surface area contributed by atoms with Crippen molar-refractivity contribution in [3.05, 3.63) is 18.0 Å². The van der Waals surface area contributed by atoms with Crippen LogP contribution in [-0.4, -0.2) is 27.0 Å². The minimum Gasteiger partial charge on any atom is -0.363 e. The van der Waals surface area contributed by atoms with E-state index >= 15 is 0 Å². The topological polar surface area (TPSA) is 74.0 Å². The third-order valence-electron chi connectivity index (χ3n) is 4.20. The summed E-state index contributed by atoms with van der Waals surface area (Å²) in [5, 5.41) is 2.99. The maximum Gasteiger partial charge on any atom is 0.242 e. The van der Waals surface area contributed by atoms with Crippen molar-refractivity contribution < 1.29 is 8.42 Å². The van der Waals surface area contributed by atoms with E-state index in [2.05, 4.69) is 21.9 Å². The predicted molar refractivity (Wildman–Crippen MR) is 75.3 cm³/mol. The highest BCUT2D eigenvalue weighted by Crippen LogP contribution is 2.43. The molecular formula is C13H23N3O2S. The molecule has 1 aromatic heterocycles. The first-order valence-corrected chi connectivity index (χ1v) is 8.31. The van der Waals surface area contributed by atoms with E-state index in [1.807, 2.05) is 7.05 Å². The Morgan fingerprint density at radius 3 is 2.68 bits per heavy atom. The molecule has 19 heavy (non-hydrogen) atoms. The van der Waals surface area contributed by atoms with Gasteiger partial charge >= 0.3 is 0 Å². The van der Waals surface area contributed by atoms with Crippen LogP contribution in [-0.2, 0) is 16.6 Å². The van der Waals surface area contributed by atoms with Crippen LogP contribution >= 0.6 is 0 Å². The van der Waals surface area contributed by atoms with Gasteiger partial charge in [-0.3, -0.25) is 0 Å². The summed E-state index contributed by atoms with van der Waals surface area (Å²) in [4.78, 5) is 3.29. The molecule has 1 aromatic rings. The lowest BCUT2D eigenvalue weighted by atomic mass is 9.67. The molecule has 0 bridgehead atoms. The highest BCUT2D eigenvalue weighted by molar-refractivity contribution is 7.89. The van der Waals surface area contributed by atoms with Gasteiger partial charge in [0.05, 0.1) is 4.90 Å². The Hall–Kier alpha value is -0.850. The molecule has 0 spiro atoms. The van der Waals surface area contributed by atoms with Gasteiger partial charge in [-0.2, -0.15) is 0 Å². The molecule has 5 nitrogen and oxygen atoms in total. The van der Waals surface area contributed by atoms with Crippen molar-refractivity contribution in [3.63, 3.8) is 0 Å². The van der Waals surface area contributed by atoms with Crippen molar-refractivity contribution in [1.29, 1.82) is 0 Å². The second kappa shape index (κ2) is 5.64. The fourth-order valence-corrected chi connectivity index (χ4v) is 3.70. The molecule has 0 aliphatic heterocycles. The average Bonchev–Trinajstić information content (AvgIpc) is 2.78. The summed E-state index contributed by atoms with van der Waals surface area (Å²) in [6.07, 6.45) is 6.06. The van der Waals surface area contributed by atoms with Gasteiger partial charge in [0.1, 0.15) is 0 Å². The first kappa shape index (κ1) is 14.6. The van der Waals surface area contributed by atoms with Gasteiger partial charge in [-0.15, -0.1) is 0 Å². The minimum absolute atomic E-state index is 0.192. The van der Waals surface area contributed by atoms with Gasteiger partial charge in [0.15, 0.2) is 0 Å². The first-order valence-electron chi connectivity index (χ1n) is 6.83. The van der Waals surface area contributed by atoms with Crippen molar-refractivity contribution in [2.75, 3.05) is 13.6 Å². The lowest BCUT2D eigenvalue weighted by Gasteiger charge is -2.41. The molecule has 0 amide bonds. The van der Waals surface area contributed by atoms with E-state index in [-0.39, 0.29) is 5.41 Å². The number of rotatable bonds is 7. The van der Waals surface area contributed by atoms with Crippen LogP contribution in [0.4, 0.5) is 0 Å². The van der Waals surface area contributed by atoms with Crippen molar-refractivity contribution in [3.8, 4) is 0 Å². The van der Waals surface area contributed by atoms with Crippen LogP contribution in [0.5, 0.6) is 0 Å². The third kappa shape index (κ3) is 3.19. The molecule has 6 heteroatoms. The van der Waals surface area contributed by atoms with Crippen LogP contribution in [0.25, 0.3) is 0 Å². The van der Waals surface area contributed by atoms with E-state index < -0.39 is 10.0 Å². The van der Waals surface area contributed by atoms with Gasteiger partial charge in [0.25, 0.3) is 0 Å². The summed E-state index contributed by atoms with van der Waals surface area (Å²) < 4.78 is 27.2. The second-order valence-corrected chi connectivity index (χ2v) is 7.19. The minimum atomic E-state index is -3.39. The smallest absolute Gasteiger partial charge is 0.242 e. The molecule has 0 saturated heterocycles. The Morgan fingerprint density at radius 1 is 1.42 bits per heavy atom. The lowest BCUT2D eigenvalue weighted by Crippen LogP contribution is -2.41. The molecule has 0 unspecified atom stereocenters. The molecule has 1 heterocycles. The van der Waals surface area contributed by atoms with Gasteiger partial charge in [-0.05, 0) is 37.8 Å². The molecule has 0 atom stereocenters.